The van der Waals surface area contributed by atoms with Crippen molar-refractivity contribution in [3.8, 4) is 5.75 Å². The van der Waals surface area contributed by atoms with Crippen LogP contribution in [0.25, 0.3) is 0 Å². The van der Waals surface area contributed by atoms with Gasteiger partial charge in [-0.25, -0.2) is 0 Å². The van der Waals surface area contributed by atoms with Gasteiger partial charge in [0, 0.05) is 6.54 Å². The van der Waals surface area contributed by atoms with Crippen molar-refractivity contribution in [1.29, 1.82) is 0 Å². The van der Waals surface area contributed by atoms with Crippen molar-refractivity contribution in [2.45, 2.75) is 54.0 Å². The van der Waals surface area contributed by atoms with Crippen LogP contribution < -0.4 is 10.1 Å². The predicted octanol–water partition coefficient (Wildman–Crippen LogP) is 4.88. The lowest BCUT2D eigenvalue weighted by Gasteiger charge is -2.25. The molecule has 1 aromatic carbocycles. The number of rotatable bonds is 10. The van der Waals surface area contributed by atoms with E-state index in [9.17, 15) is 0 Å². The Kier molecular flexibility index (Phi) is 8.44. The first-order valence-electron chi connectivity index (χ1n) is 8.47. The average Bonchev–Trinajstić information content (AvgIpc) is 2.44. The largest absolute Gasteiger partial charge is 0.494 e. The first-order chi connectivity index (χ1) is 10.0. The van der Waals surface area contributed by atoms with Gasteiger partial charge in [-0.1, -0.05) is 53.2 Å². The van der Waals surface area contributed by atoms with Gasteiger partial charge in [0.15, 0.2) is 0 Å². The zero-order valence-corrected chi connectivity index (χ0v) is 14.5. The van der Waals surface area contributed by atoms with Gasteiger partial charge in [-0.15, -0.1) is 0 Å². The van der Waals surface area contributed by atoms with Crippen LogP contribution in [-0.2, 0) is 6.54 Å². The van der Waals surface area contributed by atoms with Crippen LogP contribution in [-0.4, -0.2) is 13.2 Å². The molecular weight excluding hydrogens is 258 g/mol. The molecular formula is C19H33NO. The summed E-state index contributed by atoms with van der Waals surface area (Å²) in [5, 5.41) is 3.60. The summed E-state index contributed by atoms with van der Waals surface area (Å²) in [5.74, 6) is 3.18. The second kappa shape index (κ2) is 9.83. The Morgan fingerprint density at radius 1 is 1.00 bits per heavy atom. The van der Waals surface area contributed by atoms with Crippen LogP contribution in [0.4, 0.5) is 0 Å². The lowest BCUT2D eigenvalue weighted by molar-refractivity contribution is 0.275. The van der Waals surface area contributed by atoms with Gasteiger partial charge >= 0.3 is 0 Å². The third kappa shape index (κ3) is 6.99. The normalized spacial score (nSPS) is 11.6. The van der Waals surface area contributed by atoms with Crippen LogP contribution in [0.1, 0.15) is 53.0 Å². The topological polar surface area (TPSA) is 21.3 Å². The van der Waals surface area contributed by atoms with E-state index < -0.39 is 0 Å². The maximum absolute atomic E-state index is 5.69. The minimum atomic E-state index is 0.729. The molecule has 1 N–H and O–H groups in total. The Hall–Kier alpha value is -1.02. The molecule has 0 aromatic heterocycles. The first-order valence-corrected chi connectivity index (χ1v) is 8.47. The summed E-state index contributed by atoms with van der Waals surface area (Å²) < 4.78 is 5.69. The van der Waals surface area contributed by atoms with Crippen LogP contribution in [0.3, 0.4) is 0 Å². The fourth-order valence-electron chi connectivity index (χ4n) is 2.66. The Morgan fingerprint density at radius 2 is 1.62 bits per heavy atom. The Balaban J connectivity index is 2.35. The lowest BCUT2D eigenvalue weighted by Crippen LogP contribution is -2.29. The summed E-state index contributed by atoms with van der Waals surface area (Å²) in [6.07, 6.45) is 2.30. The summed E-state index contributed by atoms with van der Waals surface area (Å²) in [4.78, 5) is 0. The standard InChI is InChI=1S/C19H33NO/c1-6-7-12-21-18-10-8-17(9-11-18)13-20-14-19(15(2)3)16(4)5/h8-11,15-16,19-20H,6-7,12-14H2,1-5H3. The maximum Gasteiger partial charge on any atom is 0.119 e. The summed E-state index contributed by atoms with van der Waals surface area (Å²) in [6.45, 7) is 14.3. The smallest absolute Gasteiger partial charge is 0.119 e. The highest BCUT2D eigenvalue weighted by molar-refractivity contribution is 5.27. The van der Waals surface area contributed by atoms with Gasteiger partial charge < -0.3 is 10.1 Å². The highest BCUT2D eigenvalue weighted by Gasteiger charge is 2.16. The van der Waals surface area contributed by atoms with Gasteiger partial charge in [0.1, 0.15) is 5.75 Å². The molecule has 0 saturated heterocycles. The summed E-state index contributed by atoms with van der Waals surface area (Å²) in [5.41, 5.74) is 1.32. The number of unbranched alkanes of at least 4 members (excludes halogenated alkanes) is 1. The molecule has 0 atom stereocenters. The van der Waals surface area contributed by atoms with Crippen molar-refractivity contribution < 1.29 is 4.74 Å². The number of ether oxygens (including phenoxy) is 1. The zero-order chi connectivity index (χ0) is 15.7. The molecule has 0 radical (unpaired) electrons. The zero-order valence-electron chi connectivity index (χ0n) is 14.5. The quantitative estimate of drug-likeness (QED) is 0.620. The number of hydrogen-bond acceptors (Lipinski definition) is 2. The fraction of sp³-hybridized carbons (Fsp3) is 0.684. The van der Waals surface area contributed by atoms with E-state index in [1.807, 2.05) is 0 Å². The third-order valence-corrected chi connectivity index (χ3v) is 4.11. The molecule has 0 aliphatic rings. The average molecular weight is 291 g/mol. The lowest BCUT2D eigenvalue weighted by atomic mass is 9.85. The van der Waals surface area contributed by atoms with Crippen molar-refractivity contribution in [2.75, 3.05) is 13.2 Å². The summed E-state index contributed by atoms with van der Waals surface area (Å²) in [7, 11) is 0. The molecule has 0 unspecified atom stereocenters. The van der Waals surface area contributed by atoms with Crippen molar-refractivity contribution in [1.82, 2.24) is 5.32 Å². The third-order valence-electron chi connectivity index (χ3n) is 4.11. The first kappa shape index (κ1) is 18.0. The molecule has 0 fully saturated rings. The molecule has 1 rings (SSSR count). The summed E-state index contributed by atoms with van der Waals surface area (Å²) >= 11 is 0. The van der Waals surface area contributed by atoms with Gasteiger partial charge in [0.05, 0.1) is 6.61 Å². The van der Waals surface area contributed by atoms with Crippen molar-refractivity contribution in [2.24, 2.45) is 17.8 Å². The highest BCUT2D eigenvalue weighted by Crippen LogP contribution is 2.19. The van der Waals surface area contributed by atoms with Crippen LogP contribution in [0.5, 0.6) is 5.75 Å². The molecule has 120 valence electrons. The molecule has 1 aromatic rings. The molecule has 2 heteroatoms. The van der Waals surface area contributed by atoms with E-state index in [-0.39, 0.29) is 0 Å². The predicted molar refractivity (Wildman–Crippen MR) is 91.7 cm³/mol. The maximum atomic E-state index is 5.69. The molecule has 0 heterocycles. The van der Waals surface area contributed by atoms with Gasteiger partial charge in [0.25, 0.3) is 0 Å². The van der Waals surface area contributed by atoms with E-state index >= 15 is 0 Å². The van der Waals surface area contributed by atoms with E-state index in [4.69, 9.17) is 4.74 Å². The van der Waals surface area contributed by atoms with Crippen molar-refractivity contribution in [3.63, 3.8) is 0 Å². The molecule has 0 spiro atoms. The van der Waals surface area contributed by atoms with E-state index in [0.29, 0.717) is 0 Å². The van der Waals surface area contributed by atoms with Gasteiger partial charge in [-0.3, -0.25) is 0 Å². The van der Waals surface area contributed by atoms with E-state index in [1.54, 1.807) is 0 Å². The Morgan fingerprint density at radius 3 is 2.14 bits per heavy atom. The van der Waals surface area contributed by atoms with E-state index in [1.165, 1.54) is 12.0 Å². The Bertz CT molecular complexity index is 362. The Labute approximate surface area is 131 Å². The summed E-state index contributed by atoms with van der Waals surface area (Å²) in [6, 6.07) is 8.48. The molecule has 0 amide bonds. The molecule has 0 aliphatic heterocycles. The van der Waals surface area contributed by atoms with Crippen LogP contribution >= 0.6 is 0 Å². The van der Waals surface area contributed by atoms with Crippen LogP contribution in [0.15, 0.2) is 24.3 Å². The fourth-order valence-corrected chi connectivity index (χ4v) is 2.66. The van der Waals surface area contributed by atoms with Crippen molar-refractivity contribution in [3.05, 3.63) is 29.8 Å². The minimum absolute atomic E-state index is 0.729. The number of hydrogen-bond donors (Lipinski definition) is 1. The van der Waals surface area contributed by atoms with Gasteiger partial charge in [-0.2, -0.15) is 0 Å². The van der Waals surface area contributed by atoms with E-state index in [2.05, 4.69) is 64.2 Å². The highest BCUT2D eigenvalue weighted by atomic mass is 16.5. The van der Waals surface area contributed by atoms with Crippen molar-refractivity contribution >= 4 is 0 Å². The molecule has 0 saturated carbocycles. The van der Waals surface area contributed by atoms with Gasteiger partial charge in [-0.05, 0) is 48.4 Å². The number of benzene rings is 1. The molecule has 2 nitrogen and oxygen atoms in total. The number of nitrogens with one attached hydrogen (secondary N) is 1. The van der Waals surface area contributed by atoms with Crippen LogP contribution in [0.2, 0.25) is 0 Å². The second-order valence-corrected chi connectivity index (χ2v) is 6.63. The SMILES string of the molecule is CCCCOc1ccc(CNCC(C(C)C)C(C)C)cc1. The second-order valence-electron chi connectivity index (χ2n) is 6.63. The monoisotopic (exact) mass is 291 g/mol. The molecule has 21 heavy (non-hydrogen) atoms. The molecule has 0 bridgehead atoms. The van der Waals surface area contributed by atoms with Gasteiger partial charge in [0.2, 0.25) is 0 Å². The van der Waals surface area contributed by atoms with E-state index in [0.717, 1.165) is 49.6 Å². The van der Waals surface area contributed by atoms with Crippen LogP contribution in [0, 0.1) is 17.8 Å². The minimum Gasteiger partial charge on any atom is -0.494 e. The molecule has 0 aliphatic carbocycles.